The van der Waals surface area contributed by atoms with Gasteiger partial charge in [-0.2, -0.15) is 4.73 Å². The molecule has 20 heavy (non-hydrogen) atoms. The number of pyridine rings is 2. The predicted octanol–water partition coefficient (Wildman–Crippen LogP) is 2.12. The molecule has 5 nitrogen and oxygen atoms in total. The van der Waals surface area contributed by atoms with E-state index in [1.807, 2.05) is 30.3 Å². The van der Waals surface area contributed by atoms with Crippen LogP contribution in [0.2, 0.25) is 0 Å². The molecular formula is C15H11N3O2. The number of carbonyl (C=O) groups is 1. The standard InChI is InChI=1S/C15H11N3O2/c19-15(13-7-3-4-10-18(13)20)17-14-9-8-11-5-1-2-6-12(11)16-14/h1-10H,(H,16,17,19). The molecule has 2 heterocycles. The van der Waals surface area contributed by atoms with Crippen molar-refractivity contribution in [1.29, 1.82) is 0 Å². The van der Waals surface area contributed by atoms with Crippen LogP contribution in [0.25, 0.3) is 10.9 Å². The van der Waals surface area contributed by atoms with Gasteiger partial charge in [-0.1, -0.05) is 18.2 Å². The minimum Gasteiger partial charge on any atom is -0.618 e. The lowest BCUT2D eigenvalue weighted by atomic mass is 10.2. The Hall–Kier alpha value is -2.95. The highest BCUT2D eigenvalue weighted by atomic mass is 16.5. The molecule has 5 heteroatoms. The van der Waals surface area contributed by atoms with Gasteiger partial charge in [-0.05, 0) is 24.3 Å². The predicted molar refractivity (Wildman–Crippen MR) is 75.1 cm³/mol. The number of fused-ring (bicyclic) bond motifs is 1. The number of nitrogens with one attached hydrogen (secondary N) is 1. The summed E-state index contributed by atoms with van der Waals surface area (Å²) in [4.78, 5) is 16.3. The summed E-state index contributed by atoms with van der Waals surface area (Å²) in [5.41, 5.74) is 0.816. The topological polar surface area (TPSA) is 68.9 Å². The molecule has 0 bridgehead atoms. The summed E-state index contributed by atoms with van der Waals surface area (Å²) in [6, 6.07) is 15.8. The SMILES string of the molecule is O=C(Nc1ccc2ccccc2n1)c1cccc[n+]1[O-]. The minimum absolute atomic E-state index is 0.0301. The van der Waals surface area contributed by atoms with Crippen molar-refractivity contribution >= 4 is 22.6 Å². The van der Waals surface area contributed by atoms with Crippen molar-refractivity contribution in [2.75, 3.05) is 5.32 Å². The molecule has 0 unspecified atom stereocenters. The van der Waals surface area contributed by atoms with Crippen LogP contribution in [0.4, 0.5) is 5.82 Å². The van der Waals surface area contributed by atoms with Crippen molar-refractivity contribution in [2.45, 2.75) is 0 Å². The Kier molecular flexibility index (Phi) is 3.01. The van der Waals surface area contributed by atoms with Crippen molar-refractivity contribution in [3.63, 3.8) is 0 Å². The Morgan fingerprint density at radius 3 is 2.70 bits per heavy atom. The van der Waals surface area contributed by atoms with E-state index in [1.54, 1.807) is 18.2 Å². The van der Waals surface area contributed by atoms with Crippen molar-refractivity contribution in [2.24, 2.45) is 0 Å². The van der Waals surface area contributed by atoms with Crippen LogP contribution in [-0.2, 0) is 0 Å². The van der Waals surface area contributed by atoms with Crippen LogP contribution in [0.15, 0.2) is 60.8 Å². The van der Waals surface area contributed by atoms with Gasteiger partial charge in [0.15, 0.2) is 6.20 Å². The first-order valence-corrected chi connectivity index (χ1v) is 6.09. The van der Waals surface area contributed by atoms with Gasteiger partial charge in [-0.15, -0.1) is 0 Å². The zero-order valence-corrected chi connectivity index (χ0v) is 10.5. The lowest BCUT2D eigenvalue weighted by Crippen LogP contribution is -2.36. The highest BCUT2D eigenvalue weighted by Gasteiger charge is 2.15. The maximum atomic E-state index is 12.0. The van der Waals surface area contributed by atoms with E-state index in [0.717, 1.165) is 10.9 Å². The molecule has 0 radical (unpaired) electrons. The number of para-hydroxylation sites is 1. The van der Waals surface area contributed by atoms with Gasteiger partial charge >= 0.3 is 5.91 Å². The molecular weight excluding hydrogens is 254 g/mol. The molecule has 0 fully saturated rings. The third kappa shape index (κ3) is 2.29. The van der Waals surface area contributed by atoms with Gasteiger partial charge in [-0.3, -0.25) is 4.79 Å². The van der Waals surface area contributed by atoms with Crippen molar-refractivity contribution in [3.05, 3.63) is 71.7 Å². The third-order valence-electron chi connectivity index (χ3n) is 2.90. The summed E-state index contributed by atoms with van der Waals surface area (Å²) in [5, 5.41) is 15.1. The number of hydrogen-bond acceptors (Lipinski definition) is 3. The normalized spacial score (nSPS) is 10.4. The maximum Gasteiger partial charge on any atom is 0.322 e. The number of anilines is 1. The summed E-state index contributed by atoms with van der Waals surface area (Å²) in [7, 11) is 0. The molecule has 3 rings (SSSR count). The average Bonchev–Trinajstić information content (AvgIpc) is 2.47. The van der Waals surface area contributed by atoms with E-state index >= 15 is 0 Å². The van der Waals surface area contributed by atoms with Gasteiger partial charge in [0, 0.05) is 17.5 Å². The van der Waals surface area contributed by atoms with Gasteiger partial charge < -0.3 is 10.5 Å². The molecule has 2 aromatic heterocycles. The first-order valence-electron chi connectivity index (χ1n) is 6.09. The van der Waals surface area contributed by atoms with E-state index < -0.39 is 5.91 Å². The molecule has 1 aromatic carbocycles. The molecule has 0 aliphatic heterocycles. The third-order valence-corrected chi connectivity index (χ3v) is 2.90. The smallest absolute Gasteiger partial charge is 0.322 e. The second kappa shape index (κ2) is 4.97. The summed E-state index contributed by atoms with van der Waals surface area (Å²) in [6.45, 7) is 0. The summed E-state index contributed by atoms with van der Waals surface area (Å²) in [5.74, 6) is -0.0686. The fraction of sp³-hybridized carbons (Fsp3) is 0. The second-order valence-corrected chi connectivity index (χ2v) is 4.25. The van der Waals surface area contributed by atoms with Gasteiger partial charge in [0.05, 0.1) is 5.52 Å². The van der Waals surface area contributed by atoms with Gasteiger partial charge in [0.1, 0.15) is 5.82 Å². The summed E-state index contributed by atoms with van der Waals surface area (Å²) >= 11 is 0. The highest BCUT2D eigenvalue weighted by Crippen LogP contribution is 2.14. The minimum atomic E-state index is -0.483. The maximum absolute atomic E-state index is 12.0. The zero-order valence-electron chi connectivity index (χ0n) is 10.5. The van der Waals surface area contributed by atoms with Crippen LogP contribution in [-0.4, -0.2) is 10.9 Å². The van der Waals surface area contributed by atoms with Crippen LogP contribution >= 0.6 is 0 Å². The first-order chi connectivity index (χ1) is 9.74. The number of aromatic nitrogens is 2. The second-order valence-electron chi connectivity index (χ2n) is 4.25. The lowest BCUT2D eigenvalue weighted by Gasteiger charge is -2.06. The molecule has 3 aromatic rings. The van der Waals surface area contributed by atoms with E-state index in [1.165, 1.54) is 12.3 Å². The summed E-state index contributed by atoms with van der Waals surface area (Å²) < 4.78 is 0.524. The zero-order chi connectivity index (χ0) is 13.9. The van der Waals surface area contributed by atoms with Crippen molar-refractivity contribution in [3.8, 4) is 0 Å². The van der Waals surface area contributed by atoms with Crippen molar-refractivity contribution in [1.82, 2.24) is 4.98 Å². The molecule has 0 saturated carbocycles. The van der Waals surface area contributed by atoms with Crippen LogP contribution in [0, 0.1) is 5.21 Å². The Morgan fingerprint density at radius 1 is 1.05 bits per heavy atom. The molecule has 0 spiro atoms. The molecule has 0 aliphatic carbocycles. The number of carbonyl (C=O) groups excluding carboxylic acids is 1. The summed E-state index contributed by atoms with van der Waals surface area (Å²) in [6.07, 6.45) is 1.28. The van der Waals surface area contributed by atoms with Crippen LogP contribution in [0.3, 0.4) is 0 Å². The monoisotopic (exact) mass is 265 g/mol. The van der Waals surface area contributed by atoms with Gasteiger partial charge in [0.25, 0.3) is 5.69 Å². The fourth-order valence-corrected chi connectivity index (χ4v) is 1.92. The lowest BCUT2D eigenvalue weighted by molar-refractivity contribution is -0.607. The quantitative estimate of drug-likeness (QED) is 0.570. The molecule has 98 valence electrons. The Labute approximate surface area is 115 Å². The average molecular weight is 265 g/mol. The van der Waals surface area contributed by atoms with Crippen molar-refractivity contribution < 1.29 is 9.52 Å². The highest BCUT2D eigenvalue weighted by molar-refractivity contribution is 6.01. The number of benzene rings is 1. The van der Waals surface area contributed by atoms with Crippen LogP contribution in [0.1, 0.15) is 10.5 Å². The molecule has 0 atom stereocenters. The van der Waals surface area contributed by atoms with Gasteiger partial charge in [0.2, 0.25) is 0 Å². The molecule has 1 N–H and O–H groups in total. The molecule has 0 saturated heterocycles. The van der Waals surface area contributed by atoms with E-state index in [0.29, 0.717) is 10.5 Å². The van der Waals surface area contributed by atoms with E-state index in [2.05, 4.69) is 10.3 Å². The first kappa shape index (κ1) is 12.1. The van der Waals surface area contributed by atoms with Crippen LogP contribution in [0.5, 0.6) is 0 Å². The number of rotatable bonds is 2. The Morgan fingerprint density at radius 2 is 1.85 bits per heavy atom. The Balaban J connectivity index is 1.89. The largest absolute Gasteiger partial charge is 0.618 e. The van der Waals surface area contributed by atoms with E-state index in [9.17, 15) is 10.0 Å². The fourth-order valence-electron chi connectivity index (χ4n) is 1.92. The molecule has 0 aliphatic rings. The van der Waals surface area contributed by atoms with Gasteiger partial charge in [-0.25, -0.2) is 4.98 Å². The Bertz CT molecular complexity index is 787. The number of amides is 1. The number of hydrogen-bond donors (Lipinski definition) is 1. The van der Waals surface area contributed by atoms with E-state index in [-0.39, 0.29) is 5.69 Å². The number of nitrogens with zero attached hydrogens (tertiary/aromatic N) is 2. The van der Waals surface area contributed by atoms with Crippen LogP contribution < -0.4 is 10.0 Å². The molecule has 1 amide bonds. The van der Waals surface area contributed by atoms with E-state index in [4.69, 9.17) is 0 Å².